The second-order valence-corrected chi connectivity index (χ2v) is 5.99. The highest BCUT2D eigenvalue weighted by molar-refractivity contribution is 7.12. The summed E-state index contributed by atoms with van der Waals surface area (Å²) in [5, 5.41) is 10.8. The van der Waals surface area contributed by atoms with Gasteiger partial charge < -0.3 is 9.84 Å². The summed E-state index contributed by atoms with van der Waals surface area (Å²) in [6.45, 7) is 4.47. The van der Waals surface area contributed by atoms with E-state index in [1.165, 1.54) is 17.8 Å². The molecule has 0 amide bonds. The molecule has 2 rings (SSSR count). The molecule has 0 bridgehead atoms. The van der Waals surface area contributed by atoms with E-state index in [1.54, 1.807) is 11.4 Å². The quantitative estimate of drug-likeness (QED) is 0.895. The molecule has 1 fully saturated rings. The molecule has 0 aromatic carbocycles. The lowest BCUT2D eigenvalue weighted by atomic mass is 9.82. The number of carboxylic acid groups (broad SMARTS) is 1. The molecule has 1 N–H and O–H groups in total. The Balaban J connectivity index is 2.05. The van der Waals surface area contributed by atoms with E-state index in [2.05, 4.69) is 13.8 Å². The van der Waals surface area contributed by atoms with Crippen molar-refractivity contribution in [2.24, 2.45) is 11.8 Å². The first-order chi connectivity index (χ1) is 8.06. The third kappa shape index (κ3) is 3.00. The van der Waals surface area contributed by atoms with Gasteiger partial charge in [-0.25, -0.2) is 4.79 Å². The zero-order chi connectivity index (χ0) is 12.4. The zero-order valence-corrected chi connectivity index (χ0v) is 11.0. The number of hydrogen-bond acceptors (Lipinski definition) is 3. The molecular weight excluding hydrogens is 236 g/mol. The van der Waals surface area contributed by atoms with E-state index in [-0.39, 0.29) is 6.10 Å². The molecule has 1 saturated carbocycles. The van der Waals surface area contributed by atoms with Crippen LogP contribution >= 0.6 is 11.3 Å². The van der Waals surface area contributed by atoms with Crippen LogP contribution in [0, 0.1) is 11.8 Å². The van der Waals surface area contributed by atoms with E-state index in [1.807, 2.05) is 0 Å². The van der Waals surface area contributed by atoms with Gasteiger partial charge in [0.2, 0.25) is 0 Å². The molecule has 1 aliphatic carbocycles. The minimum absolute atomic E-state index is 0.168. The van der Waals surface area contributed by atoms with E-state index in [9.17, 15) is 4.79 Å². The van der Waals surface area contributed by atoms with Gasteiger partial charge >= 0.3 is 5.97 Å². The molecule has 0 spiro atoms. The highest BCUT2D eigenvalue weighted by Gasteiger charge is 2.26. The fourth-order valence-corrected chi connectivity index (χ4v) is 3.36. The van der Waals surface area contributed by atoms with Crippen molar-refractivity contribution < 1.29 is 14.6 Å². The van der Waals surface area contributed by atoms with Gasteiger partial charge in [0, 0.05) is 0 Å². The molecule has 4 heteroatoms. The minimum atomic E-state index is -0.896. The van der Waals surface area contributed by atoms with Gasteiger partial charge in [-0.1, -0.05) is 13.8 Å². The van der Waals surface area contributed by atoms with Crippen molar-refractivity contribution in [3.8, 4) is 5.75 Å². The lowest BCUT2D eigenvalue weighted by molar-refractivity contribution is 0.0683. The molecule has 17 heavy (non-hydrogen) atoms. The summed E-state index contributed by atoms with van der Waals surface area (Å²) in [5.74, 6) is 0.965. The van der Waals surface area contributed by atoms with Crippen LogP contribution in [0.25, 0.3) is 0 Å². The van der Waals surface area contributed by atoms with E-state index < -0.39 is 5.97 Å². The maximum absolute atomic E-state index is 11.0. The van der Waals surface area contributed by atoms with Crippen molar-refractivity contribution in [1.82, 2.24) is 0 Å². The largest absolute Gasteiger partial charge is 0.489 e. The van der Waals surface area contributed by atoms with Crippen LogP contribution in [0.15, 0.2) is 11.4 Å². The average Bonchev–Trinajstić information content (AvgIpc) is 2.63. The van der Waals surface area contributed by atoms with Gasteiger partial charge in [0.15, 0.2) is 4.88 Å². The second kappa shape index (κ2) is 5.08. The number of carboxylic acids is 1. The number of ether oxygens (including phenoxy) is 1. The third-order valence-corrected chi connectivity index (χ3v) is 4.14. The molecule has 94 valence electrons. The second-order valence-electron chi connectivity index (χ2n) is 5.08. The fraction of sp³-hybridized carbons (Fsp3) is 0.615. The lowest BCUT2D eigenvalue weighted by Gasteiger charge is -2.31. The predicted molar refractivity (Wildman–Crippen MR) is 67.9 cm³/mol. The summed E-state index contributed by atoms with van der Waals surface area (Å²) in [7, 11) is 0. The summed E-state index contributed by atoms with van der Waals surface area (Å²) in [6.07, 6.45) is 3.47. The Bertz CT molecular complexity index is 389. The molecule has 3 nitrogen and oxygen atoms in total. The van der Waals surface area contributed by atoms with Crippen LogP contribution in [0.3, 0.4) is 0 Å². The summed E-state index contributed by atoms with van der Waals surface area (Å²) < 4.78 is 5.86. The zero-order valence-electron chi connectivity index (χ0n) is 10.2. The molecule has 1 heterocycles. The van der Waals surface area contributed by atoms with Gasteiger partial charge in [0.05, 0.1) is 6.10 Å². The molecule has 0 saturated heterocycles. The van der Waals surface area contributed by atoms with Gasteiger partial charge in [-0.15, -0.1) is 11.3 Å². The number of thiophene rings is 1. The number of hydrogen-bond donors (Lipinski definition) is 1. The predicted octanol–water partition coefficient (Wildman–Crippen LogP) is 3.65. The smallest absolute Gasteiger partial charge is 0.349 e. The molecule has 0 aliphatic heterocycles. The van der Waals surface area contributed by atoms with Crippen LogP contribution < -0.4 is 4.74 Å². The van der Waals surface area contributed by atoms with Gasteiger partial charge in [-0.05, 0) is 42.5 Å². The Morgan fingerprint density at radius 2 is 2.00 bits per heavy atom. The van der Waals surface area contributed by atoms with Crippen LogP contribution in [-0.4, -0.2) is 17.2 Å². The van der Waals surface area contributed by atoms with E-state index in [0.29, 0.717) is 22.5 Å². The summed E-state index contributed by atoms with van der Waals surface area (Å²) in [5.41, 5.74) is 0. The van der Waals surface area contributed by atoms with Gasteiger partial charge in [-0.2, -0.15) is 0 Å². The number of aromatic carboxylic acids is 1. The molecule has 2 atom stereocenters. The third-order valence-electron chi connectivity index (χ3n) is 3.25. The molecule has 1 aromatic rings. The van der Waals surface area contributed by atoms with Crippen molar-refractivity contribution in [3.05, 3.63) is 16.3 Å². The van der Waals surface area contributed by atoms with Crippen LogP contribution in [-0.2, 0) is 0 Å². The average molecular weight is 254 g/mol. The first-order valence-electron chi connectivity index (χ1n) is 6.03. The minimum Gasteiger partial charge on any atom is -0.489 e. The van der Waals surface area contributed by atoms with E-state index in [4.69, 9.17) is 9.84 Å². The molecule has 2 unspecified atom stereocenters. The molecular formula is C13H18O3S. The molecule has 0 radical (unpaired) electrons. The monoisotopic (exact) mass is 254 g/mol. The Morgan fingerprint density at radius 3 is 2.59 bits per heavy atom. The summed E-state index contributed by atoms with van der Waals surface area (Å²) in [6, 6.07) is 1.76. The first-order valence-corrected chi connectivity index (χ1v) is 6.91. The normalized spacial score (nSPS) is 28.9. The van der Waals surface area contributed by atoms with Crippen molar-refractivity contribution in [3.63, 3.8) is 0 Å². The topological polar surface area (TPSA) is 46.5 Å². The van der Waals surface area contributed by atoms with Crippen molar-refractivity contribution in [2.75, 3.05) is 0 Å². The van der Waals surface area contributed by atoms with Gasteiger partial charge in [-0.3, -0.25) is 0 Å². The van der Waals surface area contributed by atoms with Crippen LogP contribution in [0.4, 0.5) is 0 Å². The van der Waals surface area contributed by atoms with Gasteiger partial charge in [0.25, 0.3) is 0 Å². The Morgan fingerprint density at radius 1 is 1.35 bits per heavy atom. The Labute approximate surface area is 105 Å². The van der Waals surface area contributed by atoms with Crippen molar-refractivity contribution >= 4 is 17.3 Å². The molecule has 1 aromatic heterocycles. The standard InChI is InChI=1S/C13H18O3S/c1-8-5-9(2)7-10(6-8)16-11-3-4-17-12(11)13(14)15/h3-4,8-10H,5-7H2,1-2H3,(H,14,15). The number of rotatable bonds is 3. The number of carbonyl (C=O) groups is 1. The maximum atomic E-state index is 11.0. The van der Waals surface area contributed by atoms with Crippen LogP contribution in [0.2, 0.25) is 0 Å². The lowest BCUT2D eigenvalue weighted by Crippen LogP contribution is -2.28. The highest BCUT2D eigenvalue weighted by atomic mass is 32.1. The Kier molecular flexibility index (Phi) is 3.72. The fourth-order valence-electron chi connectivity index (χ4n) is 2.70. The molecule has 1 aliphatic rings. The maximum Gasteiger partial charge on any atom is 0.349 e. The van der Waals surface area contributed by atoms with Crippen LogP contribution in [0.1, 0.15) is 42.8 Å². The summed E-state index contributed by atoms with van der Waals surface area (Å²) in [4.78, 5) is 11.3. The van der Waals surface area contributed by atoms with Gasteiger partial charge in [0.1, 0.15) is 5.75 Å². The van der Waals surface area contributed by atoms with Crippen molar-refractivity contribution in [2.45, 2.75) is 39.2 Å². The van der Waals surface area contributed by atoms with Crippen LogP contribution in [0.5, 0.6) is 5.75 Å². The summed E-state index contributed by atoms with van der Waals surface area (Å²) >= 11 is 1.22. The van der Waals surface area contributed by atoms with E-state index in [0.717, 1.165) is 12.8 Å². The Hall–Kier alpha value is -1.03. The van der Waals surface area contributed by atoms with Crippen molar-refractivity contribution in [1.29, 1.82) is 0 Å². The van der Waals surface area contributed by atoms with E-state index >= 15 is 0 Å². The highest BCUT2D eigenvalue weighted by Crippen LogP contribution is 2.33. The SMILES string of the molecule is CC1CC(C)CC(Oc2ccsc2C(=O)O)C1. The first kappa shape index (κ1) is 12.4.